The quantitative estimate of drug-likeness (QED) is 0.676. The number of nitrogens with zero attached hydrogens (tertiary/aromatic N) is 2. The first-order valence-electron chi connectivity index (χ1n) is 7.56. The maximum atomic E-state index is 11.8. The van der Waals surface area contributed by atoms with E-state index < -0.39 is 0 Å². The highest BCUT2D eigenvalue weighted by molar-refractivity contribution is 8.18. The van der Waals surface area contributed by atoms with E-state index in [2.05, 4.69) is 9.56 Å². The minimum atomic E-state index is -0.368. The Kier molecular flexibility index (Phi) is 4.50. The number of aromatic nitrogens is 1. The van der Waals surface area contributed by atoms with Gasteiger partial charge in [-0.2, -0.15) is 4.99 Å². The van der Waals surface area contributed by atoms with Crippen LogP contribution in [0.15, 0.2) is 40.2 Å². The molecule has 0 saturated carbocycles. The predicted octanol–water partition coefficient (Wildman–Crippen LogP) is 2.81. The molecule has 6 nitrogen and oxygen atoms in total. The van der Waals surface area contributed by atoms with Gasteiger partial charge in [-0.1, -0.05) is 0 Å². The number of methoxy groups -OCH3 is 1. The topological polar surface area (TPSA) is 86.7 Å². The summed E-state index contributed by atoms with van der Waals surface area (Å²) < 4.78 is 6.77. The number of rotatable bonds is 3. The Balaban J connectivity index is 1.97. The number of ether oxygens (including phenoxy) is 1. The normalized spacial score (nSPS) is 15.6. The summed E-state index contributed by atoms with van der Waals surface area (Å²) in [4.78, 5) is 27.6. The fraction of sp³-hybridized carbons (Fsp3) is 0.167. The van der Waals surface area contributed by atoms with Crippen molar-refractivity contribution in [3.05, 3.63) is 57.8 Å². The second-order valence-corrected chi connectivity index (χ2v) is 6.63. The number of amides is 1. The zero-order valence-corrected chi connectivity index (χ0v) is 14.9. The van der Waals surface area contributed by atoms with Crippen molar-refractivity contribution in [3.8, 4) is 5.69 Å². The molecular weight excluding hydrogens is 338 g/mol. The Hall–Kier alpha value is -2.80. The third-order valence-corrected chi connectivity index (χ3v) is 4.75. The standard InChI is InChI=1S/C18H17N3O3S/c1-10-8-13(9-15-16(22)20-18(19)25-15)11(2)21(10)14-6-4-12(5-7-14)17(23)24-3/h4-9H,1-3H3,(H2,19,20,22). The Bertz CT molecular complexity index is 924. The zero-order chi connectivity index (χ0) is 18.1. The average molecular weight is 355 g/mol. The van der Waals surface area contributed by atoms with Crippen LogP contribution >= 0.6 is 11.8 Å². The Morgan fingerprint density at radius 2 is 1.96 bits per heavy atom. The number of thioether (sulfide) groups is 1. The van der Waals surface area contributed by atoms with Crippen molar-refractivity contribution in [1.29, 1.82) is 0 Å². The van der Waals surface area contributed by atoms with Gasteiger partial charge >= 0.3 is 5.97 Å². The molecule has 3 rings (SSSR count). The van der Waals surface area contributed by atoms with Crippen LogP contribution in [0.5, 0.6) is 0 Å². The summed E-state index contributed by atoms with van der Waals surface area (Å²) >= 11 is 1.17. The summed E-state index contributed by atoms with van der Waals surface area (Å²) in [6, 6.07) is 9.17. The van der Waals surface area contributed by atoms with Gasteiger partial charge in [0.15, 0.2) is 5.17 Å². The van der Waals surface area contributed by atoms with E-state index in [0.29, 0.717) is 10.5 Å². The molecule has 0 bridgehead atoms. The van der Waals surface area contributed by atoms with Crippen LogP contribution < -0.4 is 5.73 Å². The molecule has 0 fully saturated rings. The highest BCUT2D eigenvalue weighted by Crippen LogP contribution is 2.29. The SMILES string of the molecule is COC(=O)c1ccc(-n2c(C)cc(C=C3SC(N)=NC3=O)c2C)cc1. The van der Waals surface area contributed by atoms with E-state index in [0.717, 1.165) is 22.6 Å². The van der Waals surface area contributed by atoms with E-state index in [1.54, 1.807) is 18.2 Å². The molecule has 2 aromatic rings. The molecule has 25 heavy (non-hydrogen) atoms. The number of hydrogen-bond acceptors (Lipinski definition) is 5. The molecular formula is C18H17N3O3S. The van der Waals surface area contributed by atoms with Gasteiger partial charge < -0.3 is 15.0 Å². The number of carbonyl (C=O) groups is 2. The van der Waals surface area contributed by atoms with Crippen LogP contribution in [-0.2, 0) is 9.53 Å². The summed E-state index contributed by atoms with van der Waals surface area (Å²) in [6.45, 7) is 3.96. The second-order valence-electron chi connectivity index (χ2n) is 5.57. The third kappa shape index (κ3) is 3.23. The lowest BCUT2D eigenvalue weighted by molar-refractivity contribution is -0.113. The van der Waals surface area contributed by atoms with E-state index in [1.165, 1.54) is 18.9 Å². The van der Waals surface area contributed by atoms with Crippen molar-refractivity contribution in [2.45, 2.75) is 13.8 Å². The summed E-state index contributed by atoms with van der Waals surface area (Å²) in [5, 5.41) is 0.267. The van der Waals surface area contributed by atoms with Crippen LogP contribution in [0.3, 0.4) is 0 Å². The van der Waals surface area contributed by atoms with Crippen molar-refractivity contribution in [1.82, 2.24) is 4.57 Å². The third-order valence-electron chi connectivity index (χ3n) is 3.94. The van der Waals surface area contributed by atoms with Gasteiger partial charge in [-0.3, -0.25) is 4.79 Å². The van der Waals surface area contributed by atoms with Crippen LogP contribution in [-0.4, -0.2) is 28.7 Å². The van der Waals surface area contributed by atoms with E-state index in [9.17, 15) is 9.59 Å². The fourth-order valence-electron chi connectivity index (χ4n) is 2.76. The van der Waals surface area contributed by atoms with E-state index in [-0.39, 0.29) is 17.0 Å². The smallest absolute Gasteiger partial charge is 0.337 e. The fourth-order valence-corrected chi connectivity index (χ4v) is 3.43. The molecule has 7 heteroatoms. The van der Waals surface area contributed by atoms with E-state index >= 15 is 0 Å². The highest BCUT2D eigenvalue weighted by atomic mass is 32.2. The molecule has 0 spiro atoms. The van der Waals surface area contributed by atoms with Gasteiger partial charge in [-0.25, -0.2) is 4.79 Å². The van der Waals surface area contributed by atoms with Crippen LogP contribution in [0.25, 0.3) is 11.8 Å². The summed E-state index contributed by atoms with van der Waals surface area (Å²) in [6.07, 6.45) is 1.80. The number of esters is 1. The van der Waals surface area contributed by atoms with Crippen LogP contribution in [0.4, 0.5) is 0 Å². The van der Waals surface area contributed by atoms with Crippen molar-refractivity contribution in [3.63, 3.8) is 0 Å². The lowest BCUT2D eigenvalue weighted by atomic mass is 10.2. The molecule has 2 heterocycles. The Labute approximate surface area is 149 Å². The molecule has 1 aromatic carbocycles. The number of carbonyl (C=O) groups excluding carboxylic acids is 2. The van der Waals surface area contributed by atoms with Gasteiger partial charge in [0.2, 0.25) is 0 Å². The summed E-state index contributed by atoms with van der Waals surface area (Å²) in [7, 11) is 1.36. The average Bonchev–Trinajstić information content (AvgIpc) is 3.05. The number of benzene rings is 1. The van der Waals surface area contributed by atoms with Crippen LogP contribution in [0.2, 0.25) is 0 Å². The van der Waals surface area contributed by atoms with Gasteiger partial charge in [0.05, 0.1) is 17.6 Å². The Morgan fingerprint density at radius 1 is 1.28 bits per heavy atom. The lowest BCUT2D eigenvalue weighted by Gasteiger charge is -2.10. The minimum absolute atomic E-state index is 0.267. The van der Waals surface area contributed by atoms with Crippen LogP contribution in [0, 0.1) is 13.8 Å². The number of nitrogens with two attached hydrogens (primary N) is 1. The molecule has 0 saturated heterocycles. The highest BCUT2D eigenvalue weighted by Gasteiger charge is 2.20. The molecule has 1 aliphatic rings. The first kappa shape index (κ1) is 17.0. The first-order chi connectivity index (χ1) is 11.9. The molecule has 0 atom stereocenters. The van der Waals surface area contributed by atoms with Gasteiger partial charge in [0, 0.05) is 17.1 Å². The maximum Gasteiger partial charge on any atom is 0.337 e. The molecule has 2 N–H and O–H groups in total. The van der Waals surface area contributed by atoms with Crippen molar-refractivity contribution in [2.75, 3.05) is 7.11 Å². The number of hydrogen-bond donors (Lipinski definition) is 1. The van der Waals surface area contributed by atoms with Crippen LogP contribution in [0.1, 0.15) is 27.3 Å². The van der Waals surface area contributed by atoms with Gasteiger partial charge in [-0.05, 0) is 67.6 Å². The molecule has 1 amide bonds. The monoisotopic (exact) mass is 355 g/mol. The number of aliphatic imine (C=N–C) groups is 1. The maximum absolute atomic E-state index is 11.8. The molecule has 1 aromatic heterocycles. The Morgan fingerprint density at radius 3 is 2.52 bits per heavy atom. The van der Waals surface area contributed by atoms with E-state index in [4.69, 9.17) is 10.5 Å². The van der Waals surface area contributed by atoms with Gasteiger partial charge in [-0.15, -0.1) is 0 Å². The minimum Gasteiger partial charge on any atom is -0.465 e. The molecule has 128 valence electrons. The van der Waals surface area contributed by atoms with Gasteiger partial charge in [0.1, 0.15) is 0 Å². The molecule has 0 aliphatic carbocycles. The zero-order valence-electron chi connectivity index (χ0n) is 14.1. The van der Waals surface area contributed by atoms with Gasteiger partial charge in [0.25, 0.3) is 5.91 Å². The predicted molar refractivity (Wildman–Crippen MR) is 98.8 cm³/mol. The number of amidine groups is 1. The molecule has 1 aliphatic heterocycles. The summed E-state index contributed by atoms with van der Waals surface area (Å²) in [5.41, 5.74) is 9.93. The lowest BCUT2D eigenvalue weighted by Crippen LogP contribution is -2.03. The molecule has 0 unspecified atom stereocenters. The second kappa shape index (κ2) is 6.60. The first-order valence-corrected chi connectivity index (χ1v) is 8.38. The van der Waals surface area contributed by atoms with E-state index in [1.807, 2.05) is 32.0 Å². The van der Waals surface area contributed by atoms with Crippen molar-refractivity contribution in [2.24, 2.45) is 10.7 Å². The van der Waals surface area contributed by atoms with Crippen molar-refractivity contribution >= 4 is 34.9 Å². The van der Waals surface area contributed by atoms with Crippen molar-refractivity contribution < 1.29 is 14.3 Å². The largest absolute Gasteiger partial charge is 0.465 e. The number of aryl methyl sites for hydroxylation is 1. The summed E-state index contributed by atoms with van der Waals surface area (Å²) in [5.74, 6) is -0.679. The molecule has 0 radical (unpaired) electrons.